The van der Waals surface area contributed by atoms with Gasteiger partial charge in [0.2, 0.25) is 0 Å². The summed E-state index contributed by atoms with van der Waals surface area (Å²) in [6.45, 7) is 0.444. The molecule has 0 fully saturated rings. The molecule has 1 atom stereocenters. The Morgan fingerprint density at radius 3 is 2.81 bits per heavy atom. The minimum Gasteiger partial charge on any atom is -0.382 e. The fourth-order valence-corrected chi connectivity index (χ4v) is 2.32. The van der Waals surface area contributed by atoms with Crippen molar-refractivity contribution in [3.8, 4) is 0 Å². The summed E-state index contributed by atoms with van der Waals surface area (Å²) in [5.41, 5.74) is 12.4. The fourth-order valence-electron chi connectivity index (χ4n) is 1.98. The van der Waals surface area contributed by atoms with Crippen LogP contribution < -0.4 is 11.5 Å². The molecule has 116 valence electrons. The van der Waals surface area contributed by atoms with E-state index in [1.54, 1.807) is 4.57 Å². The predicted octanol–water partition coefficient (Wildman–Crippen LogP) is -0.550. The highest BCUT2D eigenvalue weighted by atomic mass is 31.2. The normalized spacial score (nSPS) is 13.7. The Morgan fingerprint density at radius 1 is 1.38 bits per heavy atom. The molecule has 0 aliphatic rings. The minimum atomic E-state index is -4.20. The van der Waals surface area contributed by atoms with Crippen LogP contribution in [0.2, 0.25) is 0 Å². The molecule has 2 heterocycles. The molecule has 2 aromatic heterocycles. The zero-order valence-electron chi connectivity index (χ0n) is 11.2. The van der Waals surface area contributed by atoms with Crippen LogP contribution >= 0.6 is 7.60 Å². The molecule has 0 aromatic carbocycles. The van der Waals surface area contributed by atoms with Crippen LogP contribution in [0.15, 0.2) is 12.7 Å². The van der Waals surface area contributed by atoms with Crippen molar-refractivity contribution in [2.24, 2.45) is 5.73 Å². The van der Waals surface area contributed by atoms with Gasteiger partial charge in [0.15, 0.2) is 11.5 Å². The van der Waals surface area contributed by atoms with Gasteiger partial charge in [-0.3, -0.25) is 4.57 Å². The van der Waals surface area contributed by atoms with Crippen LogP contribution in [0.3, 0.4) is 0 Å². The Labute approximate surface area is 120 Å². The second-order valence-corrected chi connectivity index (χ2v) is 6.07. The number of nitrogens with zero attached hydrogens (tertiary/aromatic N) is 4. The van der Waals surface area contributed by atoms with Crippen molar-refractivity contribution in [3.05, 3.63) is 12.7 Å². The number of hydrogen-bond donors (Lipinski definition) is 4. The van der Waals surface area contributed by atoms with E-state index in [-0.39, 0.29) is 18.5 Å². The van der Waals surface area contributed by atoms with E-state index < -0.39 is 13.9 Å². The summed E-state index contributed by atoms with van der Waals surface area (Å²) in [7, 11) is -4.20. The zero-order valence-corrected chi connectivity index (χ0v) is 12.1. The van der Waals surface area contributed by atoms with E-state index in [2.05, 4.69) is 15.0 Å². The lowest BCUT2D eigenvalue weighted by atomic mass is 10.2. The Morgan fingerprint density at radius 2 is 2.14 bits per heavy atom. The average Bonchev–Trinajstić information content (AvgIpc) is 2.81. The van der Waals surface area contributed by atoms with Crippen molar-refractivity contribution in [2.45, 2.75) is 12.5 Å². The van der Waals surface area contributed by atoms with Crippen LogP contribution in [0.4, 0.5) is 5.82 Å². The first-order valence-electron chi connectivity index (χ1n) is 6.17. The number of aromatic nitrogens is 4. The molecule has 11 heteroatoms. The van der Waals surface area contributed by atoms with Gasteiger partial charge in [0.05, 0.1) is 19.0 Å². The van der Waals surface area contributed by atoms with Gasteiger partial charge in [-0.2, -0.15) is 0 Å². The van der Waals surface area contributed by atoms with Gasteiger partial charge in [-0.25, -0.2) is 15.0 Å². The minimum absolute atomic E-state index is 0.0715. The first-order valence-corrected chi connectivity index (χ1v) is 7.97. The largest absolute Gasteiger partial charge is 0.382 e. The standard InChI is InChI=1S/C10H17N6O4P/c11-2-1-7(3-20-6-21(17,18)19)16-5-15-10-8(16)9(12)13-4-14-10/h4-5,7H,1-3,6,11H2,(H2,12,13,14)(H2,17,18,19). The number of nitrogen functional groups attached to an aromatic ring is 1. The van der Waals surface area contributed by atoms with E-state index in [9.17, 15) is 4.57 Å². The average molecular weight is 316 g/mol. The smallest absolute Gasteiger partial charge is 0.350 e. The molecule has 0 saturated heterocycles. The third kappa shape index (κ3) is 3.96. The van der Waals surface area contributed by atoms with Gasteiger partial charge in [0.1, 0.15) is 18.2 Å². The highest BCUT2D eigenvalue weighted by molar-refractivity contribution is 7.51. The van der Waals surface area contributed by atoms with E-state index in [1.807, 2.05) is 0 Å². The first-order chi connectivity index (χ1) is 9.92. The van der Waals surface area contributed by atoms with Crippen molar-refractivity contribution in [1.29, 1.82) is 0 Å². The summed E-state index contributed by atoms with van der Waals surface area (Å²) < 4.78 is 17.6. The van der Waals surface area contributed by atoms with Crippen LogP contribution in [-0.2, 0) is 9.30 Å². The van der Waals surface area contributed by atoms with E-state index >= 15 is 0 Å². The fraction of sp³-hybridized carbons (Fsp3) is 0.500. The highest BCUT2D eigenvalue weighted by Crippen LogP contribution is 2.34. The van der Waals surface area contributed by atoms with Crippen LogP contribution in [0.5, 0.6) is 0 Å². The summed E-state index contributed by atoms with van der Waals surface area (Å²) in [5, 5.41) is 0. The molecule has 0 aliphatic heterocycles. The van der Waals surface area contributed by atoms with Gasteiger partial charge >= 0.3 is 7.60 Å². The van der Waals surface area contributed by atoms with Crippen LogP contribution in [0, 0.1) is 0 Å². The molecule has 1 unspecified atom stereocenters. The van der Waals surface area contributed by atoms with Crippen molar-refractivity contribution < 1.29 is 19.1 Å². The number of anilines is 1. The molecule has 0 bridgehead atoms. The van der Waals surface area contributed by atoms with Crippen LogP contribution in [0.1, 0.15) is 12.5 Å². The SMILES string of the molecule is NCCC(COCP(=O)(O)O)n1cnc2ncnc(N)c21. The van der Waals surface area contributed by atoms with Crippen molar-refractivity contribution in [1.82, 2.24) is 19.5 Å². The molecule has 0 spiro atoms. The molecular formula is C10H17N6O4P. The van der Waals surface area contributed by atoms with E-state index in [0.29, 0.717) is 24.1 Å². The number of nitrogens with two attached hydrogens (primary N) is 2. The summed E-state index contributed by atoms with van der Waals surface area (Å²) in [4.78, 5) is 29.7. The second-order valence-electron chi connectivity index (χ2n) is 4.48. The van der Waals surface area contributed by atoms with Crippen molar-refractivity contribution in [3.63, 3.8) is 0 Å². The predicted molar refractivity (Wildman–Crippen MR) is 75.3 cm³/mol. The van der Waals surface area contributed by atoms with Gasteiger partial charge in [-0.05, 0) is 13.0 Å². The number of hydrogen-bond acceptors (Lipinski definition) is 7. The molecule has 2 rings (SSSR count). The maximum atomic E-state index is 10.8. The lowest BCUT2D eigenvalue weighted by molar-refractivity contribution is 0.122. The third-order valence-electron chi connectivity index (χ3n) is 2.86. The summed E-state index contributed by atoms with van der Waals surface area (Å²) >= 11 is 0. The highest BCUT2D eigenvalue weighted by Gasteiger charge is 2.19. The third-order valence-corrected chi connectivity index (χ3v) is 3.38. The Hall–Kier alpha value is -1.58. The Balaban J connectivity index is 2.22. The quantitative estimate of drug-likeness (QED) is 0.491. The molecule has 0 saturated carbocycles. The van der Waals surface area contributed by atoms with Crippen molar-refractivity contribution >= 4 is 24.6 Å². The number of rotatable bonds is 7. The maximum absolute atomic E-state index is 10.8. The summed E-state index contributed by atoms with van der Waals surface area (Å²) in [5.74, 6) is 0.273. The Kier molecular flexibility index (Phi) is 4.86. The molecule has 0 amide bonds. The van der Waals surface area contributed by atoms with Gasteiger partial charge in [-0.1, -0.05) is 0 Å². The molecule has 0 aliphatic carbocycles. The molecule has 2 aromatic rings. The van der Waals surface area contributed by atoms with E-state index in [4.69, 9.17) is 26.0 Å². The molecule has 0 radical (unpaired) electrons. The Bertz CT molecular complexity index is 656. The van der Waals surface area contributed by atoms with Gasteiger partial charge in [-0.15, -0.1) is 0 Å². The summed E-state index contributed by atoms with van der Waals surface area (Å²) in [6.07, 6.45) is 2.74. The lowest BCUT2D eigenvalue weighted by Gasteiger charge is -2.19. The van der Waals surface area contributed by atoms with Gasteiger partial charge in [0.25, 0.3) is 0 Å². The number of fused-ring (bicyclic) bond motifs is 1. The monoisotopic (exact) mass is 316 g/mol. The second kappa shape index (κ2) is 6.46. The molecule has 10 nitrogen and oxygen atoms in total. The van der Waals surface area contributed by atoms with E-state index in [1.165, 1.54) is 12.7 Å². The van der Waals surface area contributed by atoms with Gasteiger partial charge < -0.3 is 30.6 Å². The van der Waals surface area contributed by atoms with Crippen LogP contribution in [-0.4, -0.2) is 48.8 Å². The van der Waals surface area contributed by atoms with Crippen molar-refractivity contribution in [2.75, 3.05) is 25.2 Å². The maximum Gasteiger partial charge on any atom is 0.350 e. The lowest BCUT2D eigenvalue weighted by Crippen LogP contribution is -2.19. The first kappa shape index (κ1) is 15.8. The van der Waals surface area contributed by atoms with Gasteiger partial charge in [0, 0.05) is 0 Å². The number of ether oxygens (including phenoxy) is 1. The molecule has 21 heavy (non-hydrogen) atoms. The summed E-state index contributed by atoms with van der Waals surface area (Å²) in [6, 6.07) is -0.264. The zero-order chi connectivity index (χ0) is 15.5. The topological polar surface area (TPSA) is 162 Å². The van der Waals surface area contributed by atoms with E-state index in [0.717, 1.165) is 0 Å². The van der Waals surface area contributed by atoms with Crippen LogP contribution in [0.25, 0.3) is 11.2 Å². The molecular weight excluding hydrogens is 299 g/mol. The number of imidazole rings is 1. The molecule has 6 N–H and O–H groups in total.